The van der Waals surface area contributed by atoms with Crippen LogP contribution in [0, 0.1) is 13.8 Å². The van der Waals surface area contributed by atoms with Gasteiger partial charge in [0.2, 0.25) is 0 Å². The lowest BCUT2D eigenvalue weighted by Crippen LogP contribution is -2.36. The molecule has 0 atom stereocenters. The van der Waals surface area contributed by atoms with Gasteiger partial charge >= 0.3 is 0 Å². The molecular weight excluding hydrogens is 473 g/mol. The van der Waals surface area contributed by atoms with Crippen molar-refractivity contribution < 1.29 is 14.2 Å². The van der Waals surface area contributed by atoms with Crippen LogP contribution in [0.2, 0.25) is 0 Å². The lowest BCUT2D eigenvalue weighted by molar-refractivity contribution is 0.347. The lowest BCUT2D eigenvalue weighted by Gasteiger charge is -2.16. The summed E-state index contributed by atoms with van der Waals surface area (Å²) in [6.45, 7) is 5.23. The second-order valence-electron chi connectivity index (χ2n) is 6.07. The summed E-state index contributed by atoms with van der Waals surface area (Å²) in [6.07, 6.45) is 0. The molecule has 1 heterocycles. The van der Waals surface area contributed by atoms with Crippen molar-refractivity contribution >= 4 is 29.9 Å². The first-order valence-corrected chi connectivity index (χ1v) is 8.67. The van der Waals surface area contributed by atoms with Crippen molar-refractivity contribution in [2.24, 2.45) is 12.0 Å². The molecule has 0 radical (unpaired) electrons. The van der Waals surface area contributed by atoms with Gasteiger partial charge in [0.1, 0.15) is 5.75 Å². The molecule has 1 aromatic heterocycles. The quantitative estimate of drug-likeness (QED) is 0.344. The van der Waals surface area contributed by atoms with Crippen LogP contribution in [-0.4, -0.2) is 44.1 Å². The molecule has 2 N–H and O–H groups in total. The van der Waals surface area contributed by atoms with E-state index in [-0.39, 0.29) is 24.0 Å². The molecule has 0 spiro atoms. The second-order valence-corrected chi connectivity index (χ2v) is 6.07. The first kappa shape index (κ1) is 23.9. The normalized spacial score (nSPS) is 10.9. The van der Waals surface area contributed by atoms with Crippen LogP contribution in [0.3, 0.4) is 0 Å². The predicted octanol–water partition coefficient (Wildman–Crippen LogP) is 2.55. The standard InChI is InChI=1S/C19H29N5O3.HI/c1-12-15(13(2)24(4)23-12)11-22-19(20-3)21-10-14-8-17(26-6)18(27-7)9-16(14)25-5;/h8-9H,10-11H2,1-7H3,(H2,20,21,22);1H. The molecule has 9 heteroatoms. The smallest absolute Gasteiger partial charge is 0.191 e. The number of aromatic nitrogens is 2. The van der Waals surface area contributed by atoms with Gasteiger partial charge in [0.15, 0.2) is 17.5 Å². The first-order chi connectivity index (χ1) is 12.9. The summed E-state index contributed by atoms with van der Waals surface area (Å²) in [5.74, 6) is 2.69. The largest absolute Gasteiger partial charge is 0.496 e. The Bertz CT molecular complexity index is 820. The maximum absolute atomic E-state index is 5.47. The van der Waals surface area contributed by atoms with Crippen LogP contribution in [0.4, 0.5) is 0 Å². The van der Waals surface area contributed by atoms with E-state index in [2.05, 4.69) is 27.6 Å². The molecule has 2 aromatic rings. The minimum atomic E-state index is 0. The first-order valence-electron chi connectivity index (χ1n) is 8.67. The number of nitrogens with one attached hydrogen (secondary N) is 2. The molecule has 1 aromatic carbocycles. The number of aliphatic imine (C=N–C) groups is 1. The zero-order chi connectivity index (χ0) is 20.0. The number of hydrogen-bond donors (Lipinski definition) is 2. The number of benzene rings is 1. The number of aryl methyl sites for hydroxylation is 2. The summed E-state index contributed by atoms with van der Waals surface area (Å²) in [6, 6.07) is 3.71. The van der Waals surface area contributed by atoms with Gasteiger partial charge < -0.3 is 24.8 Å². The van der Waals surface area contributed by atoms with Crippen molar-refractivity contribution in [3.8, 4) is 17.2 Å². The van der Waals surface area contributed by atoms with E-state index in [1.54, 1.807) is 28.4 Å². The van der Waals surface area contributed by atoms with Gasteiger partial charge in [0.25, 0.3) is 0 Å². The molecule has 0 amide bonds. The summed E-state index contributed by atoms with van der Waals surface area (Å²) in [4.78, 5) is 4.29. The highest BCUT2D eigenvalue weighted by Crippen LogP contribution is 2.34. The molecule has 0 unspecified atom stereocenters. The minimum absolute atomic E-state index is 0. The van der Waals surface area contributed by atoms with Crippen molar-refractivity contribution in [1.29, 1.82) is 0 Å². The molecule has 0 aliphatic carbocycles. The topological polar surface area (TPSA) is 81.9 Å². The van der Waals surface area contributed by atoms with Gasteiger partial charge in [-0.25, -0.2) is 0 Å². The summed E-state index contributed by atoms with van der Waals surface area (Å²) >= 11 is 0. The third-order valence-electron chi connectivity index (χ3n) is 4.55. The summed E-state index contributed by atoms with van der Waals surface area (Å²) in [7, 11) is 8.53. The summed E-state index contributed by atoms with van der Waals surface area (Å²) < 4.78 is 18.1. The Balaban J connectivity index is 0.00000392. The van der Waals surface area contributed by atoms with Crippen LogP contribution in [-0.2, 0) is 20.1 Å². The number of nitrogens with zero attached hydrogens (tertiary/aromatic N) is 3. The van der Waals surface area contributed by atoms with E-state index in [4.69, 9.17) is 14.2 Å². The van der Waals surface area contributed by atoms with Gasteiger partial charge in [0, 0.05) is 50.1 Å². The summed E-state index contributed by atoms with van der Waals surface area (Å²) in [5, 5.41) is 11.1. The van der Waals surface area contributed by atoms with Crippen LogP contribution in [0.15, 0.2) is 17.1 Å². The van der Waals surface area contributed by atoms with E-state index in [1.807, 2.05) is 30.8 Å². The van der Waals surface area contributed by atoms with E-state index < -0.39 is 0 Å². The Hall–Kier alpha value is -2.17. The Labute approximate surface area is 183 Å². The highest BCUT2D eigenvalue weighted by Gasteiger charge is 2.13. The Morgan fingerprint density at radius 3 is 2.07 bits per heavy atom. The SMILES string of the molecule is CN=C(NCc1cc(OC)c(OC)cc1OC)NCc1c(C)nn(C)c1C.I. The number of rotatable bonds is 7. The lowest BCUT2D eigenvalue weighted by atomic mass is 10.1. The van der Waals surface area contributed by atoms with E-state index in [0.29, 0.717) is 30.5 Å². The molecule has 156 valence electrons. The van der Waals surface area contributed by atoms with Crippen LogP contribution in [0.1, 0.15) is 22.5 Å². The van der Waals surface area contributed by atoms with Crippen molar-refractivity contribution in [1.82, 2.24) is 20.4 Å². The second kappa shape index (κ2) is 11.0. The zero-order valence-corrected chi connectivity index (χ0v) is 19.9. The van der Waals surface area contributed by atoms with Gasteiger partial charge in [-0.3, -0.25) is 9.67 Å². The fourth-order valence-electron chi connectivity index (χ4n) is 2.88. The number of guanidine groups is 1. The molecule has 0 saturated carbocycles. The van der Waals surface area contributed by atoms with E-state index in [0.717, 1.165) is 22.7 Å². The molecule has 0 fully saturated rings. The molecule has 0 saturated heterocycles. The monoisotopic (exact) mass is 503 g/mol. The van der Waals surface area contributed by atoms with Gasteiger partial charge in [-0.05, 0) is 19.9 Å². The Morgan fingerprint density at radius 2 is 1.57 bits per heavy atom. The van der Waals surface area contributed by atoms with Gasteiger partial charge in [-0.2, -0.15) is 5.10 Å². The number of halogens is 1. The van der Waals surface area contributed by atoms with Gasteiger partial charge in [0.05, 0.1) is 27.0 Å². The maximum Gasteiger partial charge on any atom is 0.191 e. The number of methoxy groups -OCH3 is 3. The number of ether oxygens (including phenoxy) is 3. The molecule has 0 aliphatic rings. The van der Waals surface area contributed by atoms with Crippen LogP contribution in [0.25, 0.3) is 0 Å². The van der Waals surface area contributed by atoms with Crippen LogP contribution in [0.5, 0.6) is 17.2 Å². The highest BCUT2D eigenvalue weighted by molar-refractivity contribution is 14.0. The van der Waals surface area contributed by atoms with E-state index in [9.17, 15) is 0 Å². The Kier molecular flexibility index (Phi) is 9.36. The average Bonchev–Trinajstić information content (AvgIpc) is 2.92. The fourth-order valence-corrected chi connectivity index (χ4v) is 2.88. The van der Waals surface area contributed by atoms with Crippen LogP contribution >= 0.6 is 24.0 Å². The van der Waals surface area contributed by atoms with Crippen molar-refractivity contribution in [2.75, 3.05) is 28.4 Å². The third kappa shape index (κ3) is 5.43. The zero-order valence-electron chi connectivity index (χ0n) is 17.5. The predicted molar refractivity (Wildman–Crippen MR) is 121 cm³/mol. The molecule has 28 heavy (non-hydrogen) atoms. The molecule has 0 bridgehead atoms. The highest BCUT2D eigenvalue weighted by atomic mass is 127. The van der Waals surface area contributed by atoms with E-state index >= 15 is 0 Å². The molecule has 0 aliphatic heterocycles. The minimum Gasteiger partial charge on any atom is -0.496 e. The van der Waals surface area contributed by atoms with Crippen molar-refractivity contribution in [3.63, 3.8) is 0 Å². The van der Waals surface area contributed by atoms with Crippen molar-refractivity contribution in [2.45, 2.75) is 26.9 Å². The maximum atomic E-state index is 5.47. The molecule has 2 rings (SSSR count). The van der Waals surface area contributed by atoms with Gasteiger partial charge in [-0.1, -0.05) is 0 Å². The fraction of sp³-hybridized carbons (Fsp3) is 0.474. The summed E-state index contributed by atoms with van der Waals surface area (Å²) in [5.41, 5.74) is 4.26. The van der Waals surface area contributed by atoms with Gasteiger partial charge in [-0.15, -0.1) is 24.0 Å². The Morgan fingerprint density at radius 1 is 1.00 bits per heavy atom. The average molecular weight is 503 g/mol. The number of hydrogen-bond acceptors (Lipinski definition) is 5. The molecular formula is C19H30IN5O3. The van der Waals surface area contributed by atoms with E-state index in [1.165, 1.54) is 5.56 Å². The third-order valence-corrected chi connectivity index (χ3v) is 4.55. The van der Waals surface area contributed by atoms with Crippen molar-refractivity contribution in [3.05, 3.63) is 34.6 Å². The molecule has 8 nitrogen and oxygen atoms in total. The van der Waals surface area contributed by atoms with Crippen LogP contribution < -0.4 is 24.8 Å².